The first-order chi connectivity index (χ1) is 7.47. The second-order valence-electron chi connectivity index (χ2n) is 3.82. The summed E-state index contributed by atoms with van der Waals surface area (Å²) >= 11 is 0. The van der Waals surface area contributed by atoms with E-state index in [-0.39, 0.29) is 16.7 Å². The number of hydrogen-bond donors (Lipinski definition) is 2. The van der Waals surface area contributed by atoms with Crippen LogP contribution in [0, 0.1) is 0 Å². The van der Waals surface area contributed by atoms with Gasteiger partial charge in [-0.3, -0.25) is 4.79 Å². The Bertz CT molecular complexity index is 507. The molecule has 1 aliphatic rings. The fourth-order valence-corrected chi connectivity index (χ4v) is 2.29. The van der Waals surface area contributed by atoms with E-state index in [1.807, 2.05) is 0 Å². The van der Waals surface area contributed by atoms with Crippen LogP contribution in [-0.4, -0.2) is 20.9 Å². The highest BCUT2D eigenvalue weighted by Gasteiger charge is 2.23. The van der Waals surface area contributed by atoms with Gasteiger partial charge < -0.3 is 5.32 Å². The van der Waals surface area contributed by atoms with E-state index < -0.39 is 10.0 Å². The summed E-state index contributed by atoms with van der Waals surface area (Å²) < 4.78 is 22.1. The average molecular weight is 240 g/mol. The Kier molecular flexibility index (Phi) is 2.69. The normalized spacial score (nSPS) is 20.8. The second-order valence-corrected chi connectivity index (χ2v) is 5.38. The van der Waals surface area contributed by atoms with Gasteiger partial charge >= 0.3 is 0 Å². The Morgan fingerprint density at radius 1 is 1.25 bits per heavy atom. The van der Waals surface area contributed by atoms with Crippen LogP contribution < -0.4 is 10.5 Å². The molecule has 1 atom stereocenters. The lowest BCUT2D eigenvalue weighted by Gasteiger charge is -2.07. The highest BCUT2D eigenvalue weighted by atomic mass is 32.2. The molecule has 0 aromatic heterocycles. The minimum absolute atomic E-state index is 0.0283. The maximum Gasteiger partial charge on any atom is 0.238 e. The number of nitrogens with one attached hydrogen (secondary N) is 1. The molecule has 1 heterocycles. The van der Waals surface area contributed by atoms with Crippen molar-refractivity contribution >= 4 is 15.9 Å². The predicted octanol–water partition coefficient (Wildman–Crippen LogP) is -0.0625. The van der Waals surface area contributed by atoms with E-state index in [2.05, 4.69) is 5.32 Å². The third-order valence-electron chi connectivity index (χ3n) is 2.66. The molecule has 0 radical (unpaired) electrons. The molecule has 16 heavy (non-hydrogen) atoms. The van der Waals surface area contributed by atoms with Crippen LogP contribution in [-0.2, 0) is 14.8 Å². The van der Waals surface area contributed by atoms with Crippen molar-refractivity contribution in [2.45, 2.75) is 17.2 Å². The third kappa shape index (κ3) is 2.23. The molecule has 86 valence electrons. The van der Waals surface area contributed by atoms with Gasteiger partial charge in [-0.25, -0.2) is 13.6 Å². The molecule has 1 aromatic rings. The number of rotatable bonds is 2. The quantitative estimate of drug-likeness (QED) is 0.758. The topological polar surface area (TPSA) is 89.3 Å². The Balaban J connectivity index is 2.23. The number of nitrogens with two attached hydrogens (primary N) is 1. The van der Waals surface area contributed by atoms with E-state index in [1.54, 1.807) is 12.1 Å². The smallest absolute Gasteiger partial charge is 0.238 e. The summed E-state index contributed by atoms with van der Waals surface area (Å²) in [6, 6.07) is 6.33. The zero-order valence-electron chi connectivity index (χ0n) is 8.51. The summed E-state index contributed by atoms with van der Waals surface area (Å²) in [6.07, 6.45) is 0.453. The van der Waals surface area contributed by atoms with Crippen LogP contribution >= 0.6 is 0 Å². The van der Waals surface area contributed by atoms with Gasteiger partial charge in [0, 0.05) is 18.9 Å². The summed E-state index contributed by atoms with van der Waals surface area (Å²) in [5.74, 6) is 0.155. The largest absolute Gasteiger partial charge is 0.355 e. The summed E-state index contributed by atoms with van der Waals surface area (Å²) in [4.78, 5) is 11.1. The lowest BCUT2D eigenvalue weighted by molar-refractivity contribution is -0.119. The minimum Gasteiger partial charge on any atom is -0.355 e. The lowest BCUT2D eigenvalue weighted by atomic mass is 9.99. The number of carbonyl (C=O) groups excluding carboxylic acids is 1. The van der Waals surface area contributed by atoms with Gasteiger partial charge in [0.2, 0.25) is 15.9 Å². The number of amides is 1. The number of benzene rings is 1. The second kappa shape index (κ2) is 3.88. The van der Waals surface area contributed by atoms with E-state index in [9.17, 15) is 13.2 Å². The van der Waals surface area contributed by atoms with Gasteiger partial charge in [0.05, 0.1) is 4.90 Å². The van der Waals surface area contributed by atoms with Gasteiger partial charge in [0.15, 0.2) is 0 Å². The Morgan fingerprint density at radius 2 is 1.88 bits per heavy atom. The highest BCUT2D eigenvalue weighted by molar-refractivity contribution is 7.89. The lowest BCUT2D eigenvalue weighted by Crippen LogP contribution is -2.14. The van der Waals surface area contributed by atoms with Gasteiger partial charge in [0.1, 0.15) is 0 Å². The first-order valence-corrected chi connectivity index (χ1v) is 6.41. The summed E-state index contributed by atoms with van der Waals surface area (Å²) in [5, 5.41) is 7.72. The highest BCUT2D eigenvalue weighted by Crippen LogP contribution is 2.23. The standard InChI is InChI=1S/C10H12N2O3S/c11-16(14,15)9-3-1-7(2-4-9)8-5-10(13)12-6-8/h1-4,8H,5-6H2,(H,12,13)(H2,11,14,15)/t8-/m1/s1. The monoisotopic (exact) mass is 240 g/mol. The van der Waals surface area contributed by atoms with Crippen LogP contribution in [0.15, 0.2) is 29.2 Å². The molecule has 3 N–H and O–H groups in total. The number of hydrogen-bond acceptors (Lipinski definition) is 3. The molecule has 0 bridgehead atoms. The van der Waals surface area contributed by atoms with Crippen molar-refractivity contribution in [2.75, 3.05) is 6.54 Å². The summed E-state index contributed by atoms with van der Waals surface area (Å²) in [7, 11) is -3.64. The predicted molar refractivity (Wildman–Crippen MR) is 58.2 cm³/mol. The molecule has 2 rings (SSSR count). The van der Waals surface area contributed by atoms with Crippen LogP contribution in [0.5, 0.6) is 0 Å². The number of sulfonamides is 1. The van der Waals surface area contributed by atoms with Gasteiger partial charge in [0.25, 0.3) is 0 Å². The maximum atomic E-state index is 11.0. The van der Waals surface area contributed by atoms with Gasteiger partial charge in [-0.05, 0) is 17.7 Å². The molecule has 1 aliphatic heterocycles. The summed E-state index contributed by atoms with van der Waals surface area (Å²) in [6.45, 7) is 0.605. The molecule has 0 spiro atoms. The molecule has 0 saturated carbocycles. The first-order valence-electron chi connectivity index (χ1n) is 4.86. The molecule has 0 unspecified atom stereocenters. The molecule has 1 fully saturated rings. The average Bonchev–Trinajstić information content (AvgIpc) is 2.64. The van der Waals surface area contributed by atoms with Crippen LogP contribution in [0.1, 0.15) is 17.9 Å². The Morgan fingerprint density at radius 3 is 2.31 bits per heavy atom. The van der Waals surface area contributed by atoms with E-state index in [4.69, 9.17) is 5.14 Å². The van der Waals surface area contributed by atoms with E-state index >= 15 is 0 Å². The van der Waals surface area contributed by atoms with Crippen LogP contribution in [0.2, 0.25) is 0 Å². The SMILES string of the molecule is NS(=O)(=O)c1ccc([C@H]2CNC(=O)C2)cc1. The van der Waals surface area contributed by atoms with Crippen molar-refractivity contribution in [1.82, 2.24) is 5.32 Å². The van der Waals surface area contributed by atoms with Crippen molar-refractivity contribution < 1.29 is 13.2 Å². The van der Waals surface area contributed by atoms with Crippen LogP contribution in [0.4, 0.5) is 0 Å². The molecular weight excluding hydrogens is 228 g/mol. The van der Waals surface area contributed by atoms with Gasteiger partial charge in [-0.15, -0.1) is 0 Å². The van der Waals surface area contributed by atoms with Crippen molar-refractivity contribution in [3.63, 3.8) is 0 Å². The van der Waals surface area contributed by atoms with Gasteiger partial charge in [-0.2, -0.15) is 0 Å². The summed E-state index contributed by atoms with van der Waals surface area (Å²) in [5.41, 5.74) is 0.950. The molecule has 5 nitrogen and oxygen atoms in total. The molecule has 1 saturated heterocycles. The van der Waals surface area contributed by atoms with Gasteiger partial charge in [-0.1, -0.05) is 12.1 Å². The first kappa shape index (κ1) is 11.1. The van der Waals surface area contributed by atoms with E-state index in [1.165, 1.54) is 12.1 Å². The van der Waals surface area contributed by atoms with Crippen molar-refractivity contribution in [3.8, 4) is 0 Å². The molecule has 6 heteroatoms. The Labute approximate surface area is 93.7 Å². The molecule has 0 aliphatic carbocycles. The minimum atomic E-state index is -3.64. The Hall–Kier alpha value is -1.40. The maximum absolute atomic E-state index is 11.0. The zero-order valence-corrected chi connectivity index (χ0v) is 9.33. The van der Waals surface area contributed by atoms with Crippen molar-refractivity contribution in [3.05, 3.63) is 29.8 Å². The van der Waals surface area contributed by atoms with E-state index in [0.717, 1.165) is 5.56 Å². The number of carbonyl (C=O) groups is 1. The molecule has 1 aromatic carbocycles. The fraction of sp³-hybridized carbons (Fsp3) is 0.300. The third-order valence-corrected chi connectivity index (χ3v) is 3.59. The van der Waals surface area contributed by atoms with Crippen molar-refractivity contribution in [1.29, 1.82) is 0 Å². The van der Waals surface area contributed by atoms with Crippen LogP contribution in [0.25, 0.3) is 0 Å². The molecule has 1 amide bonds. The molecular formula is C10H12N2O3S. The van der Waals surface area contributed by atoms with Crippen LogP contribution in [0.3, 0.4) is 0 Å². The van der Waals surface area contributed by atoms with E-state index in [0.29, 0.717) is 13.0 Å². The fourth-order valence-electron chi connectivity index (χ4n) is 1.77. The number of primary sulfonamides is 1. The van der Waals surface area contributed by atoms with Crippen molar-refractivity contribution in [2.24, 2.45) is 5.14 Å². The zero-order chi connectivity index (χ0) is 11.8.